The molecule has 0 aromatic carbocycles. The Hall–Kier alpha value is -1.18. The average Bonchev–Trinajstić information content (AvgIpc) is 2.51. The SMILES string of the molecule is CCCC(C)(C)OC(=O)CNC[C@@H](C(=O)OC)N1CCNCC1. The first-order chi connectivity index (χ1) is 10.9. The van der Waals surface area contributed by atoms with Gasteiger partial charge in [-0.05, 0) is 20.3 Å². The van der Waals surface area contributed by atoms with Crippen molar-refractivity contribution in [1.29, 1.82) is 0 Å². The van der Waals surface area contributed by atoms with Crippen LogP contribution >= 0.6 is 0 Å². The summed E-state index contributed by atoms with van der Waals surface area (Å²) in [5.41, 5.74) is -0.451. The van der Waals surface area contributed by atoms with Gasteiger partial charge in [-0.2, -0.15) is 0 Å². The number of carbonyl (C=O) groups excluding carboxylic acids is 2. The molecule has 23 heavy (non-hydrogen) atoms. The zero-order valence-electron chi connectivity index (χ0n) is 14.8. The molecular formula is C16H31N3O4. The monoisotopic (exact) mass is 329 g/mol. The molecule has 1 aliphatic rings. The van der Waals surface area contributed by atoms with Crippen LogP contribution in [-0.2, 0) is 19.1 Å². The first-order valence-corrected chi connectivity index (χ1v) is 8.34. The van der Waals surface area contributed by atoms with Crippen molar-refractivity contribution in [3.63, 3.8) is 0 Å². The fourth-order valence-electron chi connectivity index (χ4n) is 2.80. The van der Waals surface area contributed by atoms with E-state index in [4.69, 9.17) is 9.47 Å². The van der Waals surface area contributed by atoms with E-state index in [9.17, 15) is 9.59 Å². The molecule has 0 aromatic heterocycles. The lowest BCUT2D eigenvalue weighted by Gasteiger charge is -2.33. The zero-order chi connectivity index (χ0) is 17.3. The summed E-state index contributed by atoms with van der Waals surface area (Å²) in [5.74, 6) is -0.577. The van der Waals surface area contributed by atoms with Gasteiger partial charge in [0.1, 0.15) is 11.6 Å². The summed E-state index contributed by atoms with van der Waals surface area (Å²) >= 11 is 0. The molecule has 1 rings (SSSR count). The maximum Gasteiger partial charge on any atom is 0.324 e. The lowest BCUT2D eigenvalue weighted by Crippen LogP contribution is -2.55. The van der Waals surface area contributed by atoms with Gasteiger partial charge in [-0.1, -0.05) is 13.3 Å². The molecule has 7 heteroatoms. The molecule has 1 heterocycles. The van der Waals surface area contributed by atoms with Crippen LogP contribution in [0.5, 0.6) is 0 Å². The van der Waals surface area contributed by atoms with Crippen LogP contribution in [0.1, 0.15) is 33.6 Å². The third kappa shape index (κ3) is 7.28. The van der Waals surface area contributed by atoms with Crippen LogP contribution in [0.25, 0.3) is 0 Å². The molecule has 1 saturated heterocycles. The van der Waals surface area contributed by atoms with Gasteiger partial charge < -0.3 is 20.1 Å². The van der Waals surface area contributed by atoms with Gasteiger partial charge in [-0.15, -0.1) is 0 Å². The highest BCUT2D eigenvalue weighted by atomic mass is 16.6. The first-order valence-electron chi connectivity index (χ1n) is 8.34. The fourth-order valence-corrected chi connectivity index (χ4v) is 2.80. The van der Waals surface area contributed by atoms with Crippen LogP contribution < -0.4 is 10.6 Å². The van der Waals surface area contributed by atoms with Gasteiger partial charge in [0.05, 0.1) is 13.7 Å². The van der Waals surface area contributed by atoms with Crippen molar-refractivity contribution in [2.45, 2.75) is 45.3 Å². The molecule has 0 aliphatic carbocycles. The van der Waals surface area contributed by atoms with Crippen LogP contribution in [-0.4, -0.2) is 74.9 Å². The fraction of sp³-hybridized carbons (Fsp3) is 0.875. The Bertz CT molecular complexity index is 382. The van der Waals surface area contributed by atoms with Crippen molar-refractivity contribution in [2.75, 3.05) is 46.4 Å². The molecule has 1 aliphatic heterocycles. The van der Waals surface area contributed by atoms with Gasteiger partial charge in [-0.25, -0.2) is 0 Å². The van der Waals surface area contributed by atoms with E-state index in [-0.39, 0.29) is 24.5 Å². The predicted octanol–water partition coefficient (Wildman–Crippen LogP) is 0.145. The lowest BCUT2D eigenvalue weighted by molar-refractivity contribution is -0.156. The van der Waals surface area contributed by atoms with E-state index >= 15 is 0 Å². The predicted molar refractivity (Wildman–Crippen MR) is 88.2 cm³/mol. The summed E-state index contributed by atoms with van der Waals surface area (Å²) in [7, 11) is 1.39. The van der Waals surface area contributed by atoms with E-state index in [1.807, 2.05) is 13.8 Å². The molecule has 1 fully saturated rings. The highest BCUT2D eigenvalue weighted by Crippen LogP contribution is 2.16. The van der Waals surface area contributed by atoms with Crippen LogP contribution in [0, 0.1) is 0 Å². The van der Waals surface area contributed by atoms with Crippen molar-refractivity contribution < 1.29 is 19.1 Å². The Morgan fingerprint density at radius 1 is 1.30 bits per heavy atom. The largest absolute Gasteiger partial charge is 0.468 e. The van der Waals surface area contributed by atoms with Gasteiger partial charge in [0.2, 0.25) is 0 Å². The molecule has 2 N–H and O–H groups in total. The van der Waals surface area contributed by atoms with Crippen LogP contribution in [0.4, 0.5) is 0 Å². The quantitative estimate of drug-likeness (QED) is 0.583. The van der Waals surface area contributed by atoms with E-state index in [0.717, 1.165) is 39.0 Å². The minimum absolute atomic E-state index is 0.0900. The van der Waals surface area contributed by atoms with Crippen molar-refractivity contribution >= 4 is 11.9 Å². The smallest absolute Gasteiger partial charge is 0.324 e. The maximum atomic E-state index is 12.0. The molecule has 7 nitrogen and oxygen atoms in total. The number of carbonyl (C=O) groups is 2. The molecule has 0 saturated carbocycles. The van der Waals surface area contributed by atoms with E-state index in [2.05, 4.69) is 22.5 Å². The molecule has 1 atom stereocenters. The van der Waals surface area contributed by atoms with Gasteiger partial charge in [0, 0.05) is 32.7 Å². The van der Waals surface area contributed by atoms with Crippen LogP contribution in [0.3, 0.4) is 0 Å². The average molecular weight is 329 g/mol. The summed E-state index contributed by atoms with van der Waals surface area (Å²) in [6.07, 6.45) is 1.78. The Balaban J connectivity index is 2.42. The number of nitrogens with zero attached hydrogens (tertiary/aromatic N) is 1. The number of ether oxygens (including phenoxy) is 2. The minimum atomic E-state index is -0.451. The number of nitrogens with one attached hydrogen (secondary N) is 2. The minimum Gasteiger partial charge on any atom is -0.468 e. The van der Waals surface area contributed by atoms with Crippen molar-refractivity contribution in [2.24, 2.45) is 0 Å². The third-order valence-corrected chi connectivity index (χ3v) is 3.91. The third-order valence-electron chi connectivity index (χ3n) is 3.91. The number of rotatable bonds is 9. The molecule has 0 radical (unpaired) electrons. The van der Waals surface area contributed by atoms with Crippen LogP contribution in [0.2, 0.25) is 0 Å². The second kappa shape index (κ2) is 9.85. The van der Waals surface area contributed by atoms with Crippen molar-refractivity contribution in [3.8, 4) is 0 Å². The topological polar surface area (TPSA) is 79.9 Å². The number of hydrogen-bond donors (Lipinski definition) is 2. The number of piperazine rings is 1. The second-order valence-corrected chi connectivity index (χ2v) is 6.44. The lowest BCUT2D eigenvalue weighted by atomic mass is 10.0. The summed E-state index contributed by atoms with van der Waals surface area (Å²) in [6.45, 7) is 9.61. The van der Waals surface area contributed by atoms with Crippen molar-refractivity contribution in [1.82, 2.24) is 15.5 Å². The van der Waals surface area contributed by atoms with Gasteiger partial charge >= 0.3 is 11.9 Å². The standard InChI is InChI=1S/C16H31N3O4/c1-5-6-16(2,3)23-14(20)12-18-11-13(15(21)22-4)19-9-7-17-8-10-19/h13,17-18H,5-12H2,1-4H3/t13-/m0/s1. The van der Waals surface area contributed by atoms with E-state index in [1.54, 1.807) is 0 Å². The van der Waals surface area contributed by atoms with E-state index in [1.165, 1.54) is 7.11 Å². The molecule has 0 amide bonds. The van der Waals surface area contributed by atoms with E-state index < -0.39 is 5.60 Å². The normalized spacial score (nSPS) is 17.6. The van der Waals surface area contributed by atoms with Gasteiger partial charge in [0.15, 0.2) is 0 Å². The Labute approximate surface area is 139 Å². The number of hydrogen-bond acceptors (Lipinski definition) is 7. The molecule has 0 aromatic rings. The molecular weight excluding hydrogens is 298 g/mol. The summed E-state index contributed by atoms with van der Waals surface area (Å²) in [4.78, 5) is 25.9. The van der Waals surface area contributed by atoms with E-state index in [0.29, 0.717) is 6.54 Å². The molecule has 0 spiro atoms. The highest BCUT2D eigenvalue weighted by molar-refractivity contribution is 5.76. The second-order valence-electron chi connectivity index (χ2n) is 6.44. The number of methoxy groups -OCH3 is 1. The highest BCUT2D eigenvalue weighted by Gasteiger charge is 2.28. The molecule has 0 unspecified atom stereocenters. The summed E-state index contributed by atoms with van der Waals surface area (Å²) in [5, 5.41) is 6.28. The Kier molecular flexibility index (Phi) is 8.51. The molecule has 0 bridgehead atoms. The Morgan fingerprint density at radius 3 is 2.52 bits per heavy atom. The maximum absolute atomic E-state index is 12.0. The summed E-state index contributed by atoms with van der Waals surface area (Å²) in [6, 6.07) is -0.376. The number of esters is 2. The Morgan fingerprint density at radius 2 is 1.96 bits per heavy atom. The van der Waals surface area contributed by atoms with Crippen molar-refractivity contribution in [3.05, 3.63) is 0 Å². The summed E-state index contributed by atoms with van der Waals surface area (Å²) < 4.78 is 10.3. The van der Waals surface area contributed by atoms with Gasteiger partial charge in [-0.3, -0.25) is 14.5 Å². The first kappa shape index (κ1) is 19.9. The zero-order valence-corrected chi connectivity index (χ0v) is 14.8. The van der Waals surface area contributed by atoms with Gasteiger partial charge in [0.25, 0.3) is 0 Å². The molecule has 134 valence electrons. The van der Waals surface area contributed by atoms with Crippen LogP contribution in [0.15, 0.2) is 0 Å².